The number of carboxylic acid groups (broad SMARTS) is 1. The van der Waals surface area contributed by atoms with Crippen LogP contribution in [-0.4, -0.2) is 63.6 Å². The van der Waals surface area contributed by atoms with Crippen LogP contribution in [0.2, 0.25) is 0 Å². The second kappa shape index (κ2) is 11.2. The molecule has 9 heteroatoms. The molecular weight excluding hydrogens is 532 g/mol. The summed E-state index contributed by atoms with van der Waals surface area (Å²) < 4.78 is 1.74. The van der Waals surface area contributed by atoms with Gasteiger partial charge in [-0.05, 0) is 57.0 Å². The summed E-state index contributed by atoms with van der Waals surface area (Å²) in [7, 11) is 2.13. The summed E-state index contributed by atoms with van der Waals surface area (Å²) in [6, 6.07) is 19.5. The molecule has 1 N–H and O–H groups in total. The van der Waals surface area contributed by atoms with Crippen molar-refractivity contribution in [1.82, 2.24) is 14.4 Å². The van der Waals surface area contributed by atoms with Gasteiger partial charge in [0.25, 0.3) is 5.69 Å². The molecule has 1 atom stereocenters. The number of carbonyl (C=O) groups is 1. The van der Waals surface area contributed by atoms with E-state index in [1.54, 1.807) is 11.5 Å². The normalized spacial score (nSPS) is 15.5. The Labute approximate surface area is 244 Å². The van der Waals surface area contributed by atoms with Crippen LogP contribution in [0.5, 0.6) is 0 Å². The number of pyridine rings is 1. The van der Waals surface area contributed by atoms with Gasteiger partial charge in [0.15, 0.2) is 0 Å². The maximum atomic E-state index is 13.2. The molecule has 1 aliphatic heterocycles. The van der Waals surface area contributed by atoms with Crippen molar-refractivity contribution in [3.8, 4) is 11.1 Å². The zero-order valence-electron chi connectivity index (χ0n) is 24.6. The van der Waals surface area contributed by atoms with Gasteiger partial charge >= 0.3 is 5.97 Å². The number of aromatic nitrogens is 1. The third-order valence-corrected chi connectivity index (χ3v) is 8.19. The average Bonchev–Trinajstić information content (AvgIpc) is 2.94. The number of carboxylic acids is 1. The largest absolute Gasteiger partial charge is 0.477 e. The van der Waals surface area contributed by atoms with Crippen LogP contribution in [0.15, 0.2) is 71.7 Å². The number of nitro groups is 1. The number of hydrogen-bond acceptors (Lipinski definition) is 6. The third-order valence-electron chi connectivity index (χ3n) is 8.19. The van der Waals surface area contributed by atoms with Crippen molar-refractivity contribution in [1.29, 1.82) is 0 Å². The fraction of sp³-hybridized carbons (Fsp3) is 0.333. The Morgan fingerprint density at radius 1 is 0.976 bits per heavy atom. The lowest BCUT2D eigenvalue weighted by Gasteiger charge is -2.38. The Hall–Kier alpha value is -4.34. The smallest absolute Gasteiger partial charge is 0.341 e. The number of nitro benzene ring substituents is 1. The summed E-state index contributed by atoms with van der Waals surface area (Å²) in [4.78, 5) is 41.8. The molecule has 0 saturated carbocycles. The average molecular weight is 569 g/mol. The van der Waals surface area contributed by atoms with Crippen molar-refractivity contribution in [3.63, 3.8) is 0 Å². The van der Waals surface area contributed by atoms with Gasteiger partial charge in [0, 0.05) is 44.0 Å². The Balaban J connectivity index is 1.69. The summed E-state index contributed by atoms with van der Waals surface area (Å²) in [6.45, 7) is 11.3. The number of hydrogen-bond donors (Lipinski definition) is 1. The molecule has 1 unspecified atom stereocenters. The van der Waals surface area contributed by atoms with Crippen LogP contribution in [0.1, 0.15) is 53.9 Å². The first-order valence-electron chi connectivity index (χ1n) is 14.1. The van der Waals surface area contributed by atoms with Gasteiger partial charge in [-0.15, -0.1) is 0 Å². The summed E-state index contributed by atoms with van der Waals surface area (Å²) in [5.41, 5.74) is 2.41. The van der Waals surface area contributed by atoms with Crippen LogP contribution < -0.4 is 5.43 Å². The number of aromatic carboxylic acids is 1. The van der Waals surface area contributed by atoms with Gasteiger partial charge in [0.1, 0.15) is 5.56 Å². The van der Waals surface area contributed by atoms with Crippen molar-refractivity contribution in [2.75, 3.05) is 33.2 Å². The van der Waals surface area contributed by atoms with Gasteiger partial charge in [-0.1, -0.05) is 54.6 Å². The minimum absolute atomic E-state index is 0.0219. The van der Waals surface area contributed by atoms with Gasteiger partial charge in [-0.2, -0.15) is 0 Å². The number of nitrogens with zero attached hydrogens (tertiary/aromatic N) is 4. The van der Waals surface area contributed by atoms with E-state index in [2.05, 4.69) is 29.0 Å². The molecular formula is C33H36N4O5. The molecule has 0 aliphatic carbocycles. The zero-order valence-corrected chi connectivity index (χ0v) is 24.6. The van der Waals surface area contributed by atoms with Crippen molar-refractivity contribution < 1.29 is 14.8 Å². The van der Waals surface area contributed by atoms with Gasteiger partial charge in [-0.25, -0.2) is 4.79 Å². The van der Waals surface area contributed by atoms with E-state index in [-0.39, 0.29) is 17.1 Å². The highest BCUT2D eigenvalue weighted by Crippen LogP contribution is 2.40. The van der Waals surface area contributed by atoms with E-state index in [4.69, 9.17) is 0 Å². The minimum Gasteiger partial charge on any atom is -0.477 e. The molecule has 0 amide bonds. The van der Waals surface area contributed by atoms with E-state index in [1.165, 1.54) is 17.8 Å². The highest BCUT2D eigenvalue weighted by Gasteiger charge is 2.29. The molecule has 218 valence electrons. The Morgan fingerprint density at radius 2 is 1.57 bits per heavy atom. The number of aryl methyl sites for hydroxylation is 1. The van der Waals surface area contributed by atoms with Crippen LogP contribution in [0.25, 0.3) is 22.0 Å². The second-order valence-electron chi connectivity index (χ2n) is 12.0. The molecule has 2 heterocycles. The third kappa shape index (κ3) is 5.33. The maximum Gasteiger partial charge on any atom is 0.341 e. The first kappa shape index (κ1) is 29.2. The summed E-state index contributed by atoms with van der Waals surface area (Å²) in [5, 5.41) is 22.1. The minimum atomic E-state index is -1.37. The number of fused-ring (bicyclic) bond motifs is 1. The predicted octanol–water partition coefficient (Wildman–Crippen LogP) is 5.68. The van der Waals surface area contributed by atoms with Gasteiger partial charge in [0.05, 0.1) is 27.4 Å². The lowest BCUT2D eigenvalue weighted by molar-refractivity contribution is -0.384. The monoisotopic (exact) mass is 568 g/mol. The summed E-state index contributed by atoms with van der Waals surface area (Å²) in [6.07, 6.45) is 1.35. The van der Waals surface area contributed by atoms with Crippen LogP contribution in [0.4, 0.5) is 5.69 Å². The Morgan fingerprint density at radius 3 is 2.12 bits per heavy atom. The molecule has 1 fully saturated rings. The van der Waals surface area contributed by atoms with Crippen molar-refractivity contribution in [3.05, 3.63) is 109 Å². The highest BCUT2D eigenvalue weighted by atomic mass is 16.6. The first-order valence-corrected chi connectivity index (χ1v) is 14.1. The molecule has 1 aliphatic rings. The number of rotatable bonds is 6. The van der Waals surface area contributed by atoms with E-state index >= 15 is 0 Å². The lowest BCUT2D eigenvalue weighted by Crippen LogP contribution is -2.46. The molecule has 1 saturated heterocycles. The maximum absolute atomic E-state index is 13.2. The molecule has 4 aromatic rings. The van der Waals surface area contributed by atoms with Crippen LogP contribution in [-0.2, 0) is 5.54 Å². The number of likely N-dealkylation sites (N-methyl/N-ethyl adjacent to an activating group) is 1. The Kier molecular flexibility index (Phi) is 7.74. The van der Waals surface area contributed by atoms with Crippen molar-refractivity contribution in [2.45, 2.75) is 39.3 Å². The quantitative estimate of drug-likeness (QED) is 0.236. The molecule has 1 aromatic heterocycles. The fourth-order valence-corrected chi connectivity index (χ4v) is 6.02. The number of piperazine rings is 1. The summed E-state index contributed by atoms with van der Waals surface area (Å²) >= 11 is 0. The zero-order chi connectivity index (χ0) is 30.3. The van der Waals surface area contributed by atoms with E-state index in [9.17, 15) is 24.8 Å². The molecule has 0 bridgehead atoms. The first-order chi connectivity index (χ1) is 19.9. The van der Waals surface area contributed by atoms with Gasteiger partial charge in [-0.3, -0.25) is 19.8 Å². The van der Waals surface area contributed by atoms with Crippen LogP contribution in [0.3, 0.4) is 0 Å². The number of benzene rings is 3. The topological polar surface area (TPSA) is 109 Å². The fourth-order valence-electron chi connectivity index (χ4n) is 6.02. The van der Waals surface area contributed by atoms with E-state index < -0.39 is 27.4 Å². The Bertz CT molecular complexity index is 1710. The second-order valence-corrected chi connectivity index (χ2v) is 12.0. The highest BCUT2D eigenvalue weighted by molar-refractivity contribution is 5.98. The molecule has 0 spiro atoms. The van der Waals surface area contributed by atoms with E-state index in [0.29, 0.717) is 22.2 Å². The standard InChI is InChI=1S/C33H36N4O5/c1-21-28(27(37(41)42)19-25-29(21)36(33(2,3)4)20-26(31(25)38)32(39)40)22-11-13-24(14-12-22)30(23-9-7-6-8-10-23)35-17-15-34(5)16-18-35/h6-14,19-20,30H,15-18H2,1-5H3,(H,39,40). The van der Waals surface area contributed by atoms with Gasteiger partial charge < -0.3 is 14.6 Å². The molecule has 5 rings (SSSR count). The summed E-state index contributed by atoms with van der Waals surface area (Å²) in [5.74, 6) is -1.37. The van der Waals surface area contributed by atoms with Crippen LogP contribution >= 0.6 is 0 Å². The molecule has 9 nitrogen and oxygen atoms in total. The SMILES string of the molecule is Cc1c(-c2ccc(C(c3ccccc3)N3CCN(C)CC3)cc2)c([N+](=O)[O-])cc2c(=O)c(C(=O)O)cn(C(C)(C)C)c12. The lowest BCUT2D eigenvalue weighted by atomic mass is 9.91. The molecule has 3 aromatic carbocycles. The van der Waals surface area contributed by atoms with Gasteiger partial charge in [0.2, 0.25) is 5.43 Å². The van der Waals surface area contributed by atoms with Crippen molar-refractivity contribution >= 4 is 22.6 Å². The van der Waals surface area contributed by atoms with E-state index in [1.807, 2.05) is 63.2 Å². The van der Waals surface area contributed by atoms with E-state index in [0.717, 1.165) is 31.7 Å². The van der Waals surface area contributed by atoms with Crippen LogP contribution in [0, 0.1) is 17.0 Å². The van der Waals surface area contributed by atoms with Crippen molar-refractivity contribution in [2.24, 2.45) is 0 Å². The molecule has 42 heavy (non-hydrogen) atoms. The molecule has 0 radical (unpaired) electrons. The predicted molar refractivity (Wildman–Crippen MR) is 164 cm³/mol.